The number of hydrogen-bond donors (Lipinski definition) is 0. The normalized spacial score (nSPS) is 10.6. The summed E-state index contributed by atoms with van der Waals surface area (Å²) in [7, 11) is 0. The monoisotopic (exact) mass is 272 g/mol. The first-order valence-electron chi connectivity index (χ1n) is 7.42. The molecule has 3 rings (SSSR count). The minimum Gasteiger partial charge on any atom is -0.0617 e. The molecule has 3 aromatic carbocycles. The molecule has 0 bridgehead atoms. The number of benzene rings is 3. The average molecular weight is 272 g/mol. The zero-order chi connectivity index (χ0) is 14.7. The molecule has 0 heterocycles. The number of rotatable bonds is 3. The number of aryl methyl sites for hydroxylation is 2. The van der Waals surface area contributed by atoms with Gasteiger partial charge in [-0.3, -0.25) is 0 Å². The predicted octanol–water partition coefficient (Wildman–Crippen LogP) is 5.56. The van der Waals surface area contributed by atoms with Crippen molar-refractivity contribution in [1.29, 1.82) is 0 Å². The largest absolute Gasteiger partial charge is 0.0617 e. The van der Waals surface area contributed by atoms with E-state index in [0.29, 0.717) is 0 Å². The Bertz CT molecular complexity index is 719. The first kappa shape index (κ1) is 13.6. The Labute approximate surface area is 127 Å². The summed E-state index contributed by atoms with van der Waals surface area (Å²) in [4.78, 5) is 0. The highest BCUT2D eigenvalue weighted by molar-refractivity contribution is 5.64. The van der Waals surface area contributed by atoms with Gasteiger partial charge in [0.05, 0.1) is 0 Å². The molecule has 0 saturated carbocycles. The maximum absolute atomic E-state index is 2.26. The van der Waals surface area contributed by atoms with Crippen LogP contribution in [0.1, 0.15) is 22.3 Å². The van der Waals surface area contributed by atoms with Crippen LogP contribution in [0.2, 0.25) is 0 Å². The van der Waals surface area contributed by atoms with Gasteiger partial charge in [-0.2, -0.15) is 0 Å². The molecule has 0 aliphatic rings. The van der Waals surface area contributed by atoms with E-state index in [0.717, 1.165) is 6.42 Å². The summed E-state index contributed by atoms with van der Waals surface area (Å²) < 4.78 is 0. The van der Waals surface area contributed by atoms with Crippen LogP contribution in [-0.2, 0) is 6.42 Å². The average Bonchev–Trinajstić information content (AvgIpc) is 2.49. The molecule has 0 fully saturated rings. The highest BCUT2D eigenvalue weighted by atomic mass is 14.0. The maximum Gasteiger partial charge on any atom is -0.00257 e. The van der Waals surface area contributed by atoms with E-state index in [2.05, 4.69) is 86.6 Å². The molecule has 104 valence electrons. The summed E-state index contributed by atoms with van der Waals surface area (Å²) in [5.41, 5.74) is 7.92. The van der Waals surface area contributed by atoms with Crippen LogP contribution in [-0.4, -0.2) is 0 Å². The van der Waals surface area contributed by atoms with Gasteiger partial charge in [-0.25, -0.2) is 0 Å². The van der Waals surface area contributed by atoms with E-state index in [1.165, 1.54) is 33.4 Å². The molecular weight excluding hydrogens is 252 g/mol. The molecule has 0 heteroatoms. The Hall–Kier alpha value is -2.34. The van der Waals surface area contributed by atoms with Crippen molar-refractivity contribution in [3.63, 3.8) is 0 Å². The lowest BCUT2D eigenvalue weighted by Gasteiger charge is -2.06. The van der Waals surface area contributed by atoms with E-state index < -0.39 is 0 Å². The third-order valence-electron chi connectivity index (χ3n) is 3.83. The van der Waals surface area contributed by atoms with Gasteiger partial charge in [0.15, 0.2) is 0 Å². The van der Waals surface area contributed by atoms with E-state index in [1.807, 2.05) is 0 Å². The minimum atomic E-state index is 0.996. The van der Waals surface area contributed by atoms with Crippen LogP contribution in [0.5, 0.6) is 0 Å². The Morgan fingerprint density at radius 3 is 1.81 bits per heavy atom. The van der Waals surface area contributed by atoms with Crippen molar-refractivity contribution >= 4 is 0 Å². The second kappa shape index (κ2) is 5.97. The van der Waals surface area contributed by atoms with Crippen LogP contribution in [0, 0.1) is 13.8 Å². The van der Waals surface area contributed by atoms with E-state index in [9.17, 15) is 0 Å². The zero-order valence-electron chi connectivity index (χ0n) is 12.6. The van der Waals surface area contributed by atoms with Gasteiger partial charge in [0.25, 0.3) is 0 Å². The fourth-order valence-electron chi connectivity index (χ4n) is 2.62. The van der Waals surface area contributed by atoms with Crippen molar-refractivity contribution in [2.75, 3.05) is 0 Å². The minimum absolute atomic E-state index is 0.996. The lowest BCUT2D eigenvalue weighted by molar-refractivity contribution is 1.18. The molecule has 0 aliphatic carbocycles. The van der Waals surface area contributed by atoms with Crippen LogP contribution < -0.4 is 0 Å². The van der Waals surface area contributed by atoms with Crippen molar-refractivity contribution < 1.29 is 0 Å². The van der Waals surface area contributed by atoms with Gasteiger partial charge in [-0.1, -0.05) is 83.9 Å². The molecule has 0 aromatic heterocycles. The van der Waals surface area contributed by atoms with Gasteiger partial charge < -0.3 is 0 Å². The summed E-state index contributed by atoms with van der Waals surface area (Å²) in [6.07, 6.45) is 0.996. The Morgan fingerprint density at radius 2 is 1.19 bits per heavy atom. The van der Waals surface area contributed by atoms with Gasteiger partial charge in [-0.15, -0.1) is 0 Å². The highest BCUT2D eigenvalue weighted by Gasteiger charge is 2.00. The van der Waals surface area contributed by atoms with Gasteiger partial charge in [0, 0.05) is 0 Å². The molecule has 0 unspecified atom stereocenters. The van der Waals surface area contributed by atoms with E-state index in [-0.39, 0.29) is 0 Å². The number of hydrogen-bond acceptors (Lipinski definition) is 0. The molecular formula is C21H20. The maximum atomic E-state index is 2.26. The summed E-state index contributed by atoms with van der Waals surface area (Å²) in [5.74, 6) is 0. The van der Waals surface area contributed by atoms with Gasteiger partial charge in [-0.05, 0) is 42.5 Å². The summed E-state index contributed by atoms with van der Waals surface area (Å²) in [6.45, 7) is 4.26. The second-order valence-corrected chi connectivity index (χ2v) is 5.73. The highest BCUT2D eigenvalue weighted by Crippen LogP contribution is 2.21. The Kier molecular flexibility index (Phi) is 3.87. The van der Waals surface area contributed by atoms with E-state index >= 15 is 0 Å². The lowest BCUT2D eigenvalue weighted by atomic mass is 9.99. The van der Waals surface area contributed by atoms with Crippen LogP contribution in [0.3, 0.4) is 0 Å². The van der Waals surface area contributed by atoms with Gasteiger partial charge in [0.1, 0.15) is 0 Å². The summed E-state index contributed by atoms with van der Waals surface area (Å²) in [6, 6.07) is 26.3. The fraction of sp³-hybridized carbons (Fsp3) is 0.143. The van der Waals surface area contributed by atoms with Crippen LogP contribution in [0.15, 0.2) is 72.8 Å². The molecule has 0 nitrogen and oxygen atoms in total. The van der Waals surface area contributed by atoms with Crippen LogP contribution in [0.4, 0.5) is 0 Å². The summed E-state index contributed by atoms with van der Waals surface area (Å²) in [5, 5.41) is 0. The SMILES string of the molecule is Cc1ccc(-c2ccc(Cc3cccc(C)c3)cc2)cc1. The lowest BCUT2D eigenvalue weighted by Crippen LogP contribution is -1.89. The summed E-state index contributed by atoms with van der Waals surface area (Å²) >= 11 is 0. The van der Waals surface area contributed by atoms with Crippen molar-refractivity contribution in [1.82, 2.24) is 0 Å². The first-order valence-corrected chi connectivity index (χ1v) is 7.42. The standard InChI is InChI=1S/C21H20/c1-16-6-10-20(11-7-16)21-12-8-18(9-13-21)15-19-5-3-4-17(2)14-19/h3-14H,15H2,1-2H3. The zero-order valence-corrected chi connectivity index (χ0v) is 12.6. The third kappa shape index (κ3) is 3.41. The first-order chi connectivity index (χ1) is 10.2. The molecule has 3 aromatic rings. The molecule has 0 radical (unpaired) electrons. The van der Waals surface area contributed by atoms with Crippen molar-refractivity contribution in [2.24, 2.45) is 0 Å². The van der Waals surface area contributed by atoms with E-state index in [1.54, 1.807) is 0 Å². The van der Waals surface area contributed by atoms with Gasteiger partial charge >= 0.3 is 0 Å². The molecule has 21 heavy (non-hydrogen) atoms. The molecule has 0 N–H and O–H groups in total. The van der Waals surface area contributed by atoms with Crippen LogP contribution in [0.25, 0.3) is 11.1 Å². The van der Waals surface area contributed by atoms with Crippen LogP contribution >= 0.6 is 0 Å². The predicted molar refractivity (Wildman–Crippen MR) is 90.6 cm³/mol. The second-order valence-electron chi connectivity index (χ2n) is 5.73. The smallest absolute Gasteiger partial charge is 0.00257 e. The molecule has 0 atom stereocenters. The fourth-order valence-corrected chi connectivity index (χ4v) is 2.62. The molecule has 0 aliphatic heterocycles. The molecule has 0 spiro atoms. The Balaban J connectivity index is 1.79. The molecule has 0 amide bonds. The van der Waals surface area contributed by atoms with E-state index in [4.69, 9.17) is 0 Å². The topological polar surface area (TPSA) is 0 Å². The van der Waals surface area contributed by atoms with Crippen molar-refractivity contribution in [2.45, 2.75) is 20.3 Å². The Morgan fingerprint density at radius 1 is 0.571 bits per heavy atom. The quantitative estimate of drug-likeness (QED) is 0.585. The van der Waals surface area contributed by atoms with Gasteiger partial charge in [0.2, 0.25) is 0 Å². The van der Waals surface area contributed by atoms with Crippen molar-refractivity contribution in [3.05, 3.63) is 95.1 Å². The van der Waals surface area contributed by atoms with Crippen molar-refractivity contribution in [3.8, 4) is 11.1 Å². The third-order valence-corrected chi connectivity index (χ3v) is 3.83. The molecule has 0 saturated heterocycles.